The Kier molecular flexibility index (Phi) is 6.31. The molecule has 1 aliphatic rings. The Morgan fingerprint density at radius 1 is 1.39 bits per heavy atom. The van der Waals surface area contributed by atoms with Gasteiger partial charge in [0.25, 0.3) is 0 Å². The van der Waals surface area contributed by atoms with Gasteiger partial charge in [-0.15, -0.1) is 0 Å². The van der Waals surface area contributed by atoms with E-state index in [0.29, 0.717) is 28.5 Å². The Morgan fingerprint density at radius 3 is 2.89 bits per heavy atom. The maximum atomic E-state index is 12.4. The summed E-state index contributed by atoms with van der Waals surface area (Å²) in [6.07, 6.45) is 2.77. The zero-order valence-electron chi connectivity index (χ0n) is 15.8. The fraction of sp³-hybridized carbons (Fsp3) is 0.500. The van der Waals surface area contributed by atoms with E-state index < -0.39 is 9.84 Å². The topological polar surface area (TPSA) is 106 Å². The van der Waals surface area contributed by atoms with Crippen molar-refractivity contribution in [2.75, 3.05) is 37.8 Å². The van der Waals surface area contributed by atoms with Gasteiger partial charge in [0.2, 0.25) is 5.91 Å². The van der Waals surface area contributed by atoms with Crippen molar-refractivity contribution in [2.45, 2.75) is 24.7 Å². The summed E-state index contributed by atoms with van der Waals surface area (Å²) in [5.74, 6) is -0.620. The number of nitrogens with zero attached hydrogens (tertiary/aromatic N) is 2. The molecular formula is C18H23N3O5S2. The van der Waals surface area contributed by atoms with Crippen molar-refractivity contribution >= 4 is 48.4 Å². The molecule has 2 heterocycles. The molecule has 1 saturated heterocycles. The summed E-state index contributed by atoms with van der Waals surface area (Å²) in [5.41, 5.74) is 0.632. The van der Waals surface area contributed by atoms with Crippen LogP contribution in [-0.4, -0.2) is 62.7 Å². The SMILES string of the molecule is CCOC(=O)[C@H]1CCCN(CC(=O)Nc2nc3ccc(S(C)(=O)=O)cc3s2)C1. The summed E-state index contributed by atoms with van der Waals surface area (Å²) < 4.78 is 29.1. The minimum atomic E-state index is -3.30. The second-order valence-electron chi connectivity index (χ2n) is 6.80. The molecule has 1 aromatic carbocycles. The number of amides is 1. The smallest absolute Gasteiger partial charge is 0.310 e. The van der Waals surface area contributed by atoms with Crippen molar-refractivity contribution in [2.24, 2.45) is 5.92 Å². The molecule has 0 bridgehead atoms. The number of rotatable bonds is 6. The van der Waals surface area contributed by atoms with Gasteiger partial charge in [0, 0.05) is 12.8 Å². The number of piperidine rings is 1. The number of sulfone groups is 1. The van der Waals surface area contributed by atoms with Gasteiger partial charge >= 0.3 is 5.97 Å². The minimum absolute atomic E-state index is 0.167. The predicted octanol–water partition coefficient (Wildman–Crippen LogP) is 1.91. The quantitative estimate of drug-likeness (QED) is 0.705. The zero-order chi connectivity index (χ0) is 20.3. The third-order valence-electron chi connectivity index (χ3n) is 4.53. The molecule has 2 aromatic rings. The highest BCUT2D eigenvalue weighted by atomic mass is 32.2. The van der Waals surface area contributed by atoms with Crippen LogP contribution < -0.4 is 5.32 Å². The van der Waals surface area contributed by atoms with Crippen molar-refractivity contribution < 1.29 is 22.7 Å². The molecule has 1 N–H and O–H groups in total. The van der Waals surface area contributed by atoms with E-state index in [2.05, 4.69) is 10.3 Å². The Balaban J connectivity index is 1.62. The average Bonchev–Trinajstić information content (AvgIpc) is 3.02. The van der Waals surface area contributed by atoms with Gasteiger partial charge in [-0.3, -0.25) is 14.5 Å². The number of fused-ring (bicyclic) bond motifs is 1. The summed E-state index contributed by atoms with van der Waals surface area (Å²) in [6, 6.07) is 4.70. The van der Waals surface area contributed by atoms with Crippen molar-refractivity contribution in [3.8, 4) is 0 Å². The molecule has 0 radical (unpaired) electrons. The Hall–Kier alpha value is -2.04. The number of aromatic nitrogens is 1. The normalized spacial score (nSPS) is 18.1. The third kappa shape index (κ3) is 5.06. The molecular weight excluding hydrogens is 402 g/mol. The number of carbonyl (C=O) groups excluding carboxylic acids is 2. The van der Waals surface area contributed by atoms with E-state index >= 15 is 0 Å². The number of esters is 1. The second kappa shape index (κ2) is 8.54. The van der Waals surface area contributed by atoms with E-state index in [1.165, 1.54) is 17.4 Å². The monoisotopic (exact) mass is 425 g/mol. The number of anilines is 1. The van der Waals surface area contributed by atoms with E-state index in [1.54, 1.807) is 19.1 Å². The molecule has 28 heavy (non-hydrogen) atoms. The first-order valence-corrected chi connectivity index (χ1v) is 11.8. The molecule has 1 aliphatic heterocycles. The number of nitrogens with one attached hydrogen (secondary N) is 1. The molecule has 10 heteroatoms. The number of ether oxygens (including phenoxy) is 1. The van der Waals surface area contributed by atoms with Crippen LogP contribution >= 0.6 is 11.3 Å². The van der Waals surface area contributed by atoms with E-state index in [9.17, 15) is 18.0 Å². The number of hydrogen-bond donors (Lipinski definition) is 1. The average molecular weight is 426 g/mol. The predicted molar refractivity (Wildman–Crippen MR) is 107 cm³/mol. The van der Waals surface area contributed by atoms with Crippen LogP contribution in [0.2, 0.25) is 0 Å². The molecule has 1 atom stereocenters. The number of thiazole rings is 1. The minimum Gasteiger partial charge on any atom is -0.466 e. The van der Waals surface area contributed by atoms with Crippen molar-refractivity contribution in [3.05, 3.63) is 18.2 Å². The van der Waals surface area contributed by atoms with E-state index in [0.717, 1.165) is 25.6 Å². The molecule has 0 unspecified atom stereocenters. The fourth-order valence-corrected chi connectivity index (χ4v) is 4.85. The Bertz CT molecular complexity index is 986. The van der Waals surface area contributed by atoms with E-state index in [-0.39, 0.29) is 29.2 Å². The first-order valence-electron chi connectivity index (χ1n) is 9.05. The molecule has 8 nitrogen and oxygen atoms in total. The zero-order valence-corrected chi connectivity index (χ0v) is 17.4. The highest BCUT2D eigenvalue weighted by Gasteiger charge is 2.27. The lowest BCUT2D eigenvalue weighted by molar-refractivity contribution is -0.150. The molecule has 1 amide bonds. The van der Waals surface area contributed by atoms with Crippen LogP contribution in [0.25, 0.3) is 10.2 Å². The van der Waals surface area contributed by atoms with Gasteiger partial charge in [-0.1, -0.05) is 11.3 Å². The lowest BCUT2D eigenvalue weighted by atomic mass is 9.98. The summed E-state index contributed by atoms with van der Waals surface area (Å²) in [4.78, 5) is 30.8. The van der Waals surface area contributed by atoms with Crippen LogP contribution in [0.5, 0.6) is 0 Å². The van der Waals surface area contributed by atoms with Gasteiger partial charge in [-0.05, 0) is 44.5 Å². The van der Waals surface area contributed by atoms with E-state index in [4.69, 9.17) is 4.74 Å². The van der Waals surface area contributed by atoms with Crippen molar-refractivity contribution in [3.63, 3.8) is 0 Å². The van der Waals surface area contributed by atoms with Crippen LogP contribution in [0.4, 0.5) is 5.13 Å². The number of hydrogen-bond acceptors (Lipinski definition) is 8. The number of likely N-dealkylation sites (tertiary alicyclic amines) is 1. The Labute approximate surface area is 167 Å². The fourth-order valence-electron chi connectivity index (χ4n) is 3.20. The second-order valence-corrected chi connectivity index (χ2v) is 9.84. The van der Waals surface area contributed by atoms with Crippen molar-refractivity contribution in [1.29, 1.82) is 0 Å². The maximum Gasteiger partial charge on any atom is 0.310 e. The largest absolute Gasteiger partial charge is 0.466 e. The molecule has 1 fully saturated rings. The molecule has 0 aliphatic carbocycles. The third-order valence-corrected chi connectivity index (χ3v) is 6.57. The molecule has 3 rings (SSSR count). The molecule has 0 saturated carbocycles. The first kappa shape index (κ1) is 20.7. The molecule has 1 aromatic heterocycles. The van der Waals surface area contributed by atoms with Gasteiger partial charge in [0.05, 0.1) is 34.2 Å². The lowest BCUT2D eigenvalue weighted by Crippen LogP contribution is -2.43. The summed E-state index contributed by atoms with van der Waals surface area (Å²) in [6.45, 7) is 3.56. The van der Waals surface area contributed by atoms with Gasteiger partial charge < -0.3 is 10.1 Å². The van der Waals surface area contributed by atoms with Crippen LogP contribution in [0, 0.1) is 5.92 Å². The highest BCUT2D eigenvalue weighted by molar-refractivity contribution is 7.90. The number of carbonyl (C=O) groups is 2. The standard InChI is InChI=1S/C18H23N3O5S2/c1-3-26-17(23)12-5-4-8-21(10-12)11-16(22)20-18-19-14-7-6-13(28(2,24)25)9-15(14)27-18/h6-7,9,12H,3-5,8,10-11H2,1-2H3,(H,19,20,22)/t12-/m0/s1. The van der Waals surface area contributed by atoms with Gasteiger partial charge in [-0.25, -0.2) is 13.4 Å². The van der Waals surface area contributed by atoms with Crippen molar-refractivity contribution in [1.82, 2.24) is 9.88 Å². The summed E-state index contributed by atoms with van der Waals surface area (Å²) >= 11 is 1.23. The maximum absolute atomic E-state index is 12.4. The number of benzene rings is 1. The van der Waals surface area contributed by atoms with E-state index in [1.807, 2.05) is 4.90 Å². The summed E-state index contributed by atoms with van der Waals surface area (Å²) in [5, 5.41) is 3.19. The first-order chi connectivity index (χ1) is 13.3. The summed E-state index contributed by atoms with van der Waals surface area (Å²) in [7, 11) is -3.30. The lowest BCUT2D eigenvalue weighted by Gasteiger charge is -2.30. The molecule has 152 valence electrons. The van der Waals surface area contributed by atoms with Crippen LogP contribution in [0.1, 0.15) is 19.8 Å². The molecule has 0 spiro atoms. The van der Waals surface area contributed by atoms with Gasteiger partial charge in [-0.2, -0.15) is 0 Å². The van der Waals surface area contributed by atoms with Gasteiger partial charge in [0.15, 0.2) is 15.0 Å². The van der Waals surface area contributed by atoms with Gasteiger partial charge in [0.1, 0.15) is 0 Å². The Morgan fingerprint density at radius 2 is 2.18 bits per heavy atom. The van der Waals surface area contributed by atoms with Crippen LogP contribution in [0.15, 0.2) is 23.1 Å². The van der Waals surface area contributed by atoms with Crippen LogP contribution in [-0.2, 0) is 24.2 Å². The highest BCUT2D eigenvalue weighted by Crippen LogP contribution is 2.28. The van der Waals surface area contributed by atoms with Crippen LogP contribution in [0.3, 0.4) is 0 Å².